The summed E-state index contributed by atoms with van der Waals surface area (Å²) in [6.45, 7) is 2.64. The summed E-state index contributed by atoms with van der Waals surface area (Å²) in [6.07, 6.45) is 0.883. The molecule has 0 radical (unpaired) electrons. The number of oxazole rings is 1. The van der Waals surface area contributed by atoms with Gasteiger partial charge in [-0.25, -0.2) is 9.37 Å². The van der Waals surface area contributed by atoms with Gasteiger partial charge in [0.1, 0.15) is 6.42 Å². The molecule has 0 aliphatic heterocycles. The van der Waals surface area contributed by atoms with Crippen LogP contribution in [0.2, 0.25) is 0 Å². The number of aliphatic carboxylic acids is 1. The Morgan fingerprint density at radius 3 is 2.77 bits per heavy atom. The van der Waals surface area contributed by atoms with Crippen LogP contribution in [0.3, 0.4) is 0 Å². The normalized spacial score (nSPS) is 11.6. The lowest BCUT2D eigenvalue weighted by Gasteiger charge is -2.08. The fourth-order valence-electron chi connectivity index (χ4n) is 0.796. The van der Waals surface area contributed by atoms with E-state index in [1.165, 1.54) is 20.0 Å². The van der Waals surface area contributed by atoms with E-state index in [1.807, 2.05) is 0 Å². The van der Waals surface area contributed by atoms with Crippen LogP contribution in [0.15, 0.2) is 10.6 Å². The van der Waals surface area contributed by atoms with Gasteiger partial charge in [0, 0.05) is 0 Å². The molecule has 0 spiro atoms. The van der Waals surface area contributed by atoms with Gasteiger partial charge in [0.05, 0.1) is 6.20 Å². The van der Waals surface area contributed by atoms with E-state index in [1.54, 1.807) is 0 Å². The third kappa shape index (κ3) is 2.54. The standard InChI is InChI=1S/C8H10FNO3/c1-8(2,9)5-4-10-6(13-5)3-7(11)12/h4H,3H2,1-2H3,(H,11,12). The first kappa shape index (κ1) is 9.70. The summed E-state index contributed by atoms with van der Waals surface area (Å²) in [5.41, 5.74) is -1.62. The maximum atomic E-state index is 13.2. The Bertz CT molecular complexity index is 313. The zero-order valence-electron chi connectivity index (χ0n) is 7.37. The topological polar surface area (TPSA) is 63.3 Å². The van der Waals surface area contributed by atoms with Crippen LogP contribution in [-0.4, -0.2) is 16.1 Å². The van der Waals surface area contributed by atoms with Crippen molar-refractivity contribution in [1.82, 2.24) is 4.98 Å². The maximum absolute atomic E-state index is 13.2. The van der Waals surface area contributed by atoms with Crippen LogP contribution in [0.5, 0.6) is 0 Å². The van der Waals surface area contributed by atoms with Crippen molar-refractivity contribution in [3.63, 3.8) is 0 Å². The van der Waals surface area contributed by atoms with E-state index < -0.39 is 11.6 Å². The van der Waals surface area contributed by atoms with Crippen molar-refractivity contribution in [2.45, 2.75) is 25.9 Å². The zero-order valence-corrected chi connectivity index (χ0v) is 7.37. The summed E-state index contributed by atoms with van der Waals surface area (Å²) >= 11 is 0. The number of hydrogen-bond donors (Lipinski definition) is 1. The predicted molar refractivity (Wildman–Crippen MR) is 42.0 cm³/mol. The zero-order chi connectivity index (χ0) is 10.1. The van der Waals surface area contributed by atoms with Crippen molar-refractivity contribution in [1.29, 1.82) is 0 Å². The number of aromatic nitrogens is 1. The molecule has 0 amide bonds. The molecule has 1 aromatic heterocycles. The average Bonchev–Trinajstić information content (AvgIpc) is 2.32. The first-order valence-electron chi connectivity index (χ1n) is 3.75. The summed E-state index contributed by atoms with van der Waals surface area (Å²) in [5.74, 6) is -0.984. The largest absolute Gasteiger partial charge is 0.481 e. The number of nitrogens with zero attached hydrogens (tertiary/aromatic N) is 1. The minimum Gasteiger partial charge on any atom is -0.481 e. The highest BCUT2D eigenvalue weighted by atomic mass is 19.1. The molecular weight excluding hydrogens is 177 g/mol. The van der Waals surface area contributed by atoms with Crippen molar-refractivity contribution < 1.29 is 18.7 Å². The van der Waals surface area contributed by atoms with Crippen LogP contribution >= 0.6 is 0 Å². The molecule has 1 N–H and O–H groups in total. The van der Waals surface area contributed by atoms with E-state index in [9.17, 15) is 9.18 Å². The molecule has 0 unspecified atom stereocenters. The summed E-state index contributed by atoms with van der Waals surface area (Å²) in [6, 6.07) is 0. The van der Waals surface area contributed by atoms with E-state index in [0.29, 0.717) is 0 Å². The van der Waals surface area contributed by atoms with E-state index in [2.05, 4.69) is 4.98 Å². The molecule has 0 saturated carbocycles. The van der Waals surface area contributed by atoms with Crippen LogP contribution in [0.25, 0.3) is 0 Å². The first-order chi connectivity index (χ1) is 5.89. The predicted octanol–water partition coefficient (Wildman–Crippen LogP) is 1.51. The summed E-state index contributed by atoms with van der Waals surface area (Å²) in [5, 5.41) is 8.39. The molecule has 5 heteroatoms. The van der Waals surface area contributed by atoms with Gasteiger partial charge < -0.3 is 9.52 Å². The number of rotatable bonds is 3. The molecular formula is C8H10FNO3. The lowest BCUT2D eigenvalue weighted by atomic mass is 10.1. The molecule has 1 rings (SSSR count). The number of halogens is 1. The molecule has 13 heavy (non-hydrogen) atoms. The Morgan fingerprint density at radius 1 is 1.77 bits per heavy atom. The fourth-order valence-corrected chi connectivity index (χ4v) is 0.796. The number of carboxylic acid groups (broad SMARTS) is 1. The highest BCUT2D eigenvalue weighted by Crippen LogP contribution is 2.24. The van der Waals surface area contributed by atoms with Gasteiger partial charge in [0.15, 0.2) is 11.4 Å². The monoisotopic (exact) mass is 187 g/mol. The van der Waals surface area contributed by atoms with Crippen LogP contribution in [0.1, 0.15) is 25.5 Å². The van der Waals surface area contributed by atoms with Crippen LogP contribution < -0.4 is 0 Å². The quantitative estimate of drug-likeness (QED) is 0.778. The second-order valence-electron chi connectivity index (χ2n) is 3.16. The number of carboxylic acids is 1. The highest BCUT2D eigenvalue weighted by molar-refractivity contribution is 5.68. The molecule has 0 atom stereocenters. The smallest absolute Gasteiger partial charge is 0.312 e. The molecule has 0 bridgehead atoms. The Labute approximate surface area is 74.4 Å². The Kier molecular flexibility index (Phi) is 2.36. The molecule has 72 valence electrons. The van der Waals surface area contributed by atoms with Crippen molar-refractivity contribution in [3.8, 4) is 0 Å². The van der Waals surface area contributed by atoms with Gasteiger partial charge in [-0.05, 0) is 13.8 Å². The molecule has 0 aliphatic carbocycles. The summed E-state index contributed by atoms with van der Waals surface area (Å²) in [7, 11) is 0. The third-order valence-electron chi connectivity index (χ3n) is 1.44. The van der Waals surface area contributed by atoms with Gasteiger partial charge in [-0.2, -0.15) is 0 Å². The van der Waals surface area contributed by atoms with Crippen molar-refractivity contribution in [3.05, 3.63) is 17.8 Å². The minimum atomic E-state index is -1.62. The third-order valence-corrected chi connectivity index (χ3v) is 1.44. The van der Waals surface area contributed by atoms with Gasteiger partial charge >= 0.3 is 5.97 Å². The van der Waals surface area contributed by atoms with Crippen molar-refractivity contribution in [2.75, 3.05) is 0 Å². The van der Waals surface area contributed by atoms with Crippen LogP contribution in [0.4, 0.5) is 4.39 Å². The molecule has 0 aliphatic rings. The second-order valence-corrected chi connectivity index (χ2v) is 3.16. The van der Waals surface area contributed by atoms with Crippen molar-refractivity contribution >= 4 is 5.97 Å². The number of carbonyl (C=O) groups is 1. The lowest BCUT2D eigenvalue weighted by molar-refractivity contribution is -0.136. The van der Waals surface area contributed by atoms with Crippen molar-refractivity contribution in [2.24, 2.45) is 0 Å². The Hall–Kier alpha value is -1.39. The minimum absolute atomic E-state index is 0.0215. The number of hydrogen-bond acceptors (Lipinski definition) is 3. The SMILES string of the molecule is CC(C)(F)c1cnc(CC(=O)O)o1. The second kappa shape index (κ2) is 3.16. The summed E-state index contributed by atoms with van der Waals surface area (Å²) in [4.78, 5) is 13.9. The molecule has 1 aromatic rings. The van der Waals surface area contributed by atoms with E-state index in [-0.39, 0.29) is 18.1 Å². The molecule has 0 saturated heterocycles. The Morgan fingerprint density at radius 2 is 2.38 bits per heavy atom. The lowest BCUT2D eigenvalue weighted by Crippen LogP contribution is -2.07. The molecule has 0 aromatic carbocycles. The Balaban J connectivity index is 2.81. The highest BCUT2D eigenvalue weighted by Gasteiger charge is 2.24. The maximum Gasteiger partial charge on any atom is 0.312 e. The molecule has 1 heterocycles. The van der Waals surface area contributed by atoms with E-state index in [0.717, 1.165) is 0 Å². The van der Waals surface area contributed by atoms with Gasteiger partial charge in [-0.3, -0.25) is 4.79 Å². The van der Waals surface area contributed by atoms with Crippen LogP contribution in [0, 0.1) is 0 Å². The number of alkyl halides is 1. The van der Waals surface area contributed by atoms with E-state index in [4.69, 9.17) is 9.52 Å². The molecule has 0 fully saturated rings. The van der Waals surface area contributed by atoms with Crippen LogP contribution in [-0.2, 0) is 16.9 Å². The molecule has 4 nitrogen and oxygen atoms in total. The van der Waals surface area contributed by atoms with Gasteiger partial charge in [-0.15, -0.1) is 0 Å². The van der Waals surface area contributed by atoms with E-state index >= 15 is 0 Å². The van der Waals surface area contributed by atoms with Gasteiger partial charge in [-0.1, -0.05) is 0 Å². The summed E-state index contributed by atoms with van der Waals surface area (Å²) < 4.78 is 18.1. The average molecular weight is 187 g/mol. The van der Waals surface area contributed by atoms with Gasteiger partial charge in [0.25, 0.3) is 0 Å². The first-order valence-corrected chi connectivity index (χ1v) is 3.75. The van der Waals surface area contributed by atoms with Gasteiger partial charge in [0.2, 0.25) is 5.89 Å². The fraction of sp³-hybridized carbons (Fsp3) is 0.500.